The lowest BCUT2D eigenvalue weighted by atomic mass is 9.85. The molecule has 1 unspecified atom stereocenters. The van der Waals surface area contributed by atoms with Crippen LogP contribution in [-0.2, 0) is 16.0 Å². The Labute approximate surface area is 144 Å². The Balaban J connectivity index is 1.50. The molecule has 134 valence electrons. The van der Waals surface area contributed by atoms with Crippen molar-refractivity contribution in [1.82, 2.24) is 14.7 Å². The van der Waals surface area contributed by atoms with E-state index in [9.17, 15) is 4.79 Å². The Bertz CT molecular complexity index is 583. The number of carbonyl (C=O) groups is 1. The highest BCUT2D eigenvalue weighted by Gasteiger charge is 2.44. The Hall–Kier alpha value is -1.56. The Kier molecular flexibility index (Phi) is 4.60. The zero-order valence-corrected chi connectivity index (χ0v) is 15.2. The van der Waals surface area contributed by atoms with Crippen LogP contribution < -0.4 is 0 Å². The zero-order valence-electron chi connectivity index (χ0n) is 15.2. The molecule has 0 saturated carbocycles. The summed E-state index contributed by atoms with van der Waals surface area (Å²) in [5.74, 6) is 0.498. The van der Waals surface area contributed by atoms with Crippen molar-refractivity contribution in [3.05, 3.63) is 18.0 Å². The maximum absolute atomic E-state index is 12.2. The van der Waals surface area contributed by atoms with Crippen LogP contribution in [0.1, 0.15) is 45.6 Å². The number of nitrogens with zero attached hydrogens (tertiary/aromatic N) is 3. The van der Waals surface area contributed by atoms with Gasteiger partial charge >= 0.3 is 6.09 Å². The molecule has 0 N–H and O–H groups in total. The number of amides is 1. The van der Waals surface area contributed by atoms with Crippen molar-refractivity contribution in [2.45, 2.75) is 64.7 Å². The summed E-state index contributed by atoms with van der Waals surface area (Å²) in [5, 5.41) is 4.37. The molecule has 2 aliphatic rings. The number of piperidine rings is 1. The molecular weight excluding hydrogens is 306 g/mol. The third-order valence-corrected chi connectivity index (χ3v) is 4.82. The number of carbonyl (C=O) groups excluding carboxylic acids is 1. The van der Waals surface area contributed by atoms with Crippen molar-refractivity contribution in [3.8, 4) is 0 Å². The summed E-state index contributed by atoms with van der Waals surface area (Å²) in [7, 11) is 0. The first kappa shape index (κ1) is 17.3. The van der Waals surface area contributed by atoms with Gasteiger partial charge in [-0.2, -0.15) is 5.10 Å². The topological polar surface area (TPSA) is 56.6 Å². The highest BCUT2D eigenvalue weighted by atomic mass is 16.6. The fraction of sp³-hybridized carbons (Fsp3) is 0.778. The minimum Gasteiger partial charge on any atom is -0.444 e. The average Bonchev–Trinajstić information content (AvgIpc) is 3.05. The molecule has 1 atom stereocenters. The molecule has 1 spiro atoms. The second-order valence-electron chi connectivity index (χ2n) is 8.27. The number of hydrogen-bond acceptors (Lipinski definition) is 4. The van der Waals surface area contributed by atoms with E-state index in [1.165, 1.54) is 5.56 Å². The van der Waals surface area contributed by atoms with Crippen molar-refractivity contribution in [2.75, 3.05) is 19.7 Å². The van der Waals surface area contributed by atoms with Gasteiger partial charge in [0.1, 0.15) is 5.60 Å². The van der Waals surface area contributed by atoms with Crippen LogP contribution in [0.5, 0.6) is 0 Å². The number of rotatable bonds is 2. The molecule has 24 heavy (non-hydrogen) atoms. The first-order valence-electron chi connectivity index (χ1n) is 8.86. The van der Waals surface area contributed by atoms with Gasteiger partial charge in [-0.15, -0.1) is 0 Å². The van der Waals surface area contributed by atoms with Crippen LogP contribution in [0.3, 0.4) is 0 Å². The molecule has 6 heteroatoms. The highest BCUT2D eigenvalue weighted by Crippen LogP contribution is 2.39. The maximum atomic E-state index is 12.2. The summed E-state index contributed by atoms with van der Waals surface area (Å²) in [6.07, 6.45) is 6.59. The third-order valence-electron chi connectivity index (χ3n) is 4.82. The van der Waals surface area contributed by atoms with E-state index in [2.05, 4.69) is 18.2 Å². The number of ether oxygens (including phenoxy) is 2. The number of likely N-dealkylation sites (tertiary alicyclic amines) is 1. The predicted octanol–water partition coefficient (Wildman–Crippen LogP) is 3.00. The monoisotopic (exact) mass is 335 g/mol. The molecule has 6 nitrogen and oxygen atoms in total. The van der Waals surface area contributed by atoms with Gasteiger partial charge in [-0.05, 0) is 52.5 Å². The summed E-state index contributed by atoms with van der Waals surface area (Å²) in [4.78, 5) is 14.0. The van der Waals surface area contributed by atoms with Crippen molar-refractivity contribution < 1.29 is 14.3 Å². The van der Waals surface area contributed by atoms with Gasteiger partial charge in [0.15, 0.2) is 0 Å². The van der Waals surface area contributed by atoms with Gasteiger partial charge < -0.3 is 14.4 Å². The first-order chi connectivity index (χ1) is 11.2. The van der Waals surface area contributed by atoms with Gasteiger partial charge in [0.25, 0.3) is 0 Å². The zero-order chi connectivity index (χ0) is 17.4. The fourth-order valence-electron chi connectivity index (χ4n) is 3.66. The molecule has 1 aromatic heterocycles. The number of aromatic nitrogens is 2. The van der Waals surface area contributed by atoms with Crippen molar-refractivity contribution in [2.24, 2.45) is 5.92 Å². The van der Waals surface area contributed by atoms with Gasteiger partial charge in [-0.3, -0.25) is 4.68 Å². The van der Waals surface area contributed by atoms with Crippen molar-refractivity contribution >= 4 is 6.09 Å². The van der Waals surface area contributed by atoms with E-state index in [0.717, 1.165) is 32.4 Å². The van der Waals surface area contributed by atoms with Gasteiger partial charge in [-0.25, -0.2) is 4.79 Å². The lowest BCUT2D eigenvalue weighted by Gasteiger charge is -2.39. The summed E-state index contributed by atoms with van der Waals surface area (Å²) in [5.41, 5.74) is 0.684. The van der Waals surface area contributed by atoms with Crippen LogP contribution in [0.25, 0.3) is 0 Å². The molecule has 1 amide bonds. The number of hydrogen-bond donors (Lipinski definition) is 0. The van der Waals surface area contributed by atoms with E-state index < -0.39 is 5.60 Å². The fourth-order valence-corrected chi connectivity index (χ4v) is 3.66. The first-order valence-corrected chi connectivity index (χ1v) is 8.86. The largest absolute Gasteiger partial charge is 0.444 e. The van der Waals surface area contributed by atoms with Gasteiger partial charge in [-0.1, -0.05) is 0 Å². The molecule has 1 aromatic rings. The molecule has 2 saturated heterocycles. The third kappa shape index (κ3) is 4.09. The second-order valence-corrected chi connectivity index (χ2v) is 8.27. The normalized spacial score (nSPS) is 23.7. The minimum absolute atomic E-state index is 0.0641. The summed E-state index contributed by atoms with van der Waals surface area (Å²) in [6, 6.07) is 0. The smallest absolute Gasteiger partial charge is 0.410 e. The SMILES string of the molecule is Cc1cnn(CC2COC3(CCN(C(=O)OC(C)(C)C)CC3)C2)c1. The lowest BCUT2D eigenvalue weighted by Crippen LogP contribution is -2.47. The predicted molar refractivity (Wildman–Crippen MR) is 90.8 cm³/mol. The molecule has 0 radical (unpaired) electrons. The van der Waals surface area contributed by atoms with Crippen LogP contribution in [0.4, 0.5) is 4.79 Å². The van der Waals surface area contributed by atoms with Crippen LogP contribution >= 0.6 is 0 Å². The van der Waals surface area contributed by atoms with Crippen molar-refractivity contribution in [1.29, 1.82) is 0 Å². The van der Waals surface area contributed by atoms with Gasteiger partial charge in [0.05, 0.1) is 18.4 Å². The Morgan fingerprint density at radius 3 is 2.71 bits per heavy atom. The summed E-state index contributed by atoms with van der Waals surface area (Å²) < 4.78 is 13.7. The van der Waals surface area contributed by atoms with Crippen molar-refractivity contribution in [3.63, 3.8) is 0 Å². The van der Waals surface area contributed by atoms with Gasteiger partial charge in [0, 0.05) is 31.7 Å². The van der Waals surface area contributed by atoms with E-state index in [-0.39, 0.29) is 11.7 Å². The van der Waals surface area contributed by atoms with Crippen LogP contribution in [-0.4, -0.2) is 51.7 Å². The van der Waals surface area contributed by atoms with Gasteiger partial charge in [0.2, 0.25) is 0 Å². The highest BCUT2D eigenvalue weighted by molar-refractivity contribution is 5.68. The van der Waals surface area contributed by atoms with E-state index in [0.29, 0.717) is 19.0 Å². The Morgan fingerprint density at radius 1 is 1.42 bits per heavy atom. The summed E-state index contributed by atoms with van der Waals surface area (Å²) >= 11 is 0. The molecule has 0 aliphatic carbocycles. The maximum Gasteiger partial charge on any atom is 0.410 e. The molecular formula is C18H29N3O3. The van der Waals surface area contributed by atoms with Crippen LogP contribution in [0, 0.1) is 12.8 Å². The molecule has 0 bridgehead atoms. The number of aryl methyl sites for hydroxylation is 1. The molecule has 3 heterocycles. The summed E-state index contributed by atoms with van der Waals surface area (Å²) in [6.45, 7) is 10.9. The van der Waals surface area contributed by atoms with E-state index in [1.807, 2.05) is 36.5 Å². The minimum atomic E-state index is -0.441. The molecule has 2 aliphatic heterocycles. The quantitative estimate of drug-likeness (QED) is 0.834. The second kappa shape index (κ2) is 6.39. The molecule has 3 rings (SSSR count). The molecule has 0 aromatic carbocycles. The Morgan fingerprint density at radius 2 is 2.12 bits per heavy atom. The molecule has 2 fully saturated rings. The van der Waals surface area contributed by atoms with E-state index in [4.69, 9.17) is 9.47 Å². The van der Waals surface area contributed by atoms with Crippen LogP contribution in [0.15, 0.2) is 12.4 Å². The van der Waals surface area contributed by atoms with E-state index >= 15 is 0 Å². The lowest BCUT2D eigenvalue weighted by molar-refractivity contribution is -0.0487. The average molecular weight is 335 g/mol. The van der Waals surface area contributed by atoms with E-state index in [1.54, 1.807) is 0 Å². The standard InChI is InChI=1S/C18H29N3O3/c1-14-10-19-21(11-14)12-15-9-18(23-13-15)5-7-20(8-6-18)16(22)24-17(2,3)4/h10-11,15H,5-9,12-13H2,1-4H3. The van der Waals surface area contributed by atoms with Crippen LogP contribution in [0.2, 0.25) is 0 Å².